The minimum absolute atomic E-state index is 0.00365. The molecule has 0 bridgehead atoms. The van der Waals surface area contributed by atoms with Gasteiger partial charge in [0.15, 0.2) is 0 Å². The first kappa shape index (κ1) is 16.3. The third-order valence-corrected chi connectivity index (χ3v) is 5.90. The van der Waals surface area contributed by atoms with Crippen molar-refractivity contribution in [3.63, 3.8) is 0 Å². The van der Waals surface area contributed by atoms with Crippen molar-refractivity contribution in [2.75, 3.05) is 24.6 Å². The predicted molar refractivity (Wildman–Crippen MR) is 95.1 cm³/mol. The maximum absolute atomic E-state index is 13.7. The second-order valence-electron chi connectivity index (χ2n) is 7.02. The molecule has 0 N–H and O–H groups in total. The number of benzene rings is 1. The van der Waals surface area contributed by atoms with E-state index in [1.54, 1.807) is 11.0 Å². The lowest BCUT2D eigenvalue weighted by Gasteiger charge is -2.36. The van der Waals surface area contributed by atoms with Gasteiger partial charge < -0.3 is 9.64 Å². The topological polar surface area (TPSA) is 49.9 Å². The number of carbonyl (C=O) groups is 2. The van der Waals surface area contributed by atoms with Crippen LogP contribution in [0.3, 0.4) is 0 Å². The highest BCUT2D eigenvalue weighted by Gasteiger charge is 2.67. The highest BCUT2D eigenvalue weighted by atomic mass is 16.5. The van der Waals surface area contributed by atoms with Gasteiger partial charge in [-0.2, -0.15) is 0 Å². The van der Waals surface area contributed by atoms with E-state index in [2.05, 4.69) is 11.5 Å². The van der Waals surface area contributed by atoms with Crippen LogP contribution in [0.25, 0.3) is 0 Å². The van der Waals surface area contributed by atoms with Gasteiger partial charge in [-0.25, -0.2) is 0 Å². The van der Waals surface area contributed by atoms with Gasteiger partial charge in [-0.05, 0) is 38.8 Å². The fourth-order valence-electron chi connectivity index (χ4n) is 5.08. The highest BCUT2D eigenvalue weighted by Crippen LogP contribution is 2.57. The van der Waals surface area contributed by atoms with Crippen molar-refractivity contribution in [1.29, 1.82) is 0 Å². The second-order valence-corrected chi connectivity index (χ2v) is 7.02. The molecule has 132 valence electrons. The molecule has 2 fully saturated rings. The summed E-state index contributed by atoms with van der Waals surface area (Å²) in [4.78, 5) is 30.5. The van der Waals surface area contributed by atoms with E-state index in [4.69, 9.17) is 4.74 Å². The smallest absolute Gasteiger partial charge is 0.311 e. The van der Waals surface area contributed by atoms with E-state index in [1.165, 1.54) is 0 Å². The molecular formula is C20H24N2O3. The number of fused-ring (bicyclic) bond motifs is 4. The Balaban J connectivity index is 1.90. The lowest BCUT2D eigenvalue weighted by Crippen LogP contribution is -2.55. The van der Waals surface area contributed by atoms with Crippen LogP contribution in [0.15, 0.2) is 36.9 Å². The number of carbonyl (C=O) groups excluding carboxylic acids is 2. The number of esters is 1. The SMILES string of the molecule is C=CCN1C(=O)[C@]2(c3ccccc31)[C@@H](C(=O)OCC)C[C@H]1CCCN12. The largest absolute Gasteiger partial charge is 0.466 e. The lowest BCUT2D eigenvalue weighted by molar-refractivity contribution is -0.155. The van der Waals surface area contributed by atoms with Crippen LogP contribution in [-0.2, 0) is 19.9 Å². The number of hydrogen-bond acceptors (Lipinski definition) is 4. The summed E-state index contributed by atoms with van der Waals surface area (Å²) in [6, 6.07) is 8.14. The summed E-state index contributed by atoms with van der Waals surface area (Å²) in [6.07, 6.45) is 4.54. The van der Waals surface area contributed by atoms with Crippen LogP contribution >= 0.6 is 0 Å². The van der Waals surface area contributed by atoms with Crippen molar-refractivity contribution in [2.24, 2.45) is 5.92 Å². The van der Waals surface area contributed by atoms with Gasteiger partial charge in [-0.15, -0.1) is 6.58 Å². The molecule has 0 saturated carbocycles. The second kappa shape index (κ2) is 5.99. The zero-order valence-corrected chi connectivity index (χ0v) is 14.6. The van der Waals surface area contributed by atoms with E-state index in [0.29, 0.717) is 19.6 Å². The summed E-state index contributed by atoms with van der Waals surface area (Å²) in [5.41, 5.74) is 0.936. The van der Waals surface area contributed by atoms with Crippen LogP contribution in [0.1, 0.15) is 31.7 Å². The number of rotatable bonds is 4. The fraction of sp³-hybridized carbons (Fsp3) is 0.500. The first-order valence-corrected chi connectivity index (χ1v) is 9.12. The third kappa shape index (κ3) is 2.05. The zero-order chi connectivity index (χ0) is 17.6. The normalized spacial score (nSPS) is 30.6. The van der Waals surface area contributed by atoms with Crippen molar-refractivity contribution in [2.45, 2.75) is 37.8 Å². The van der Waals surface area contributed by atoms with Crippen molar-refractivity contribution >= 4 is 17.6 Å². The summed E-state index contributed by atoms with van der Waals surface area (Å²) in [5.74, 6) is -0.697. The Morgan fingerprint density at radius 2 is 2.24 bits per heavy atom. The quantitative estimate of drug-likeness (QED) is 0.624. The molecule has 5 nitrogen and oxygen atoms in total. The zero-order valence-electron chi connectivity index (χ0n) is 14.6. The molecule has 0 unspecified atom stereocenters. The van der Waals surface area contributed by atoms with Crippen LogP contribution in [0.2, 0.25) is 0 Å². The van der Waals surface area contributed by atoms with E-state index in [-0.39, 0.29) is 17.9 Å². The molecular weight excluding hydrogens is 316 g/mol. The van der Waals surface area contributed by atoms with Gasteiger partial charge in [-0.3, -0.25) is 14.5 Å². The van der Waals surface area contributed by atoms with E-state index < -0.39 is 11.5 Å². The minimum Gasteiger partial charge on any atom is -0.466 e. The Labute approximate surface area is 148 Å². The molecule has 0 aromatic heterocycles. The molecule has 3 atom stereocenters. The molecule has 3 aliphatic heterocycles. The number of amides is 1. The molecule has 3 heterocycles. The first-order chi connectivity index (χ1) is 12.2. The van der Waals surface area contributed by atoms with E-state index in [0.717, 1.165) is 30.6 Å². The lowest BCUT2D eigenvalue weighted by atomic mass is 9.79. The van der Waals surface area contributed by atoms with Gasteiger partial charge in [0.05, 0.1) is 12.5 Å². The van der Waals surface area contributed by atoms with Crippen LogP contribution in [0, 0.1) is 5.92 Å². The highest BCUT2D eigenvalue weighted by molar-refractivity contribution is 6.10. The Bertz CT molecular complexity index is 731. The van der Waals surface area contributed by atoms with Gasteiger partial charge in [0.25, 0.3) is 5.91 Å². The van der Waals surface area contributed by atoms with Crippen molar-refractivity contribution in [1.82, 2.24) is 4.90 Å². The molecule has 25 heavy (non-hydrogen) atoms. The van der Waals surface area contributed by atoms with Crippen molar-refractivity contribution in [3.05, 3.63) is 42.5 Å². The van der Waals surface area contributed by atoms with Gasteiger partial charge in [0.2, 0.25) is 0 Å². The summed E-state index contributed by atoms with van der Waals surface area (Å²) in [6.45, 7) is 7.25. The molecule has 1 amide bonds. The molecule has 3 aliphatic rings. The van der Waals surface area contributed by atoms with Gasteiger partial charge in [0, 0.05) is 23.8 Å². The fourth-order valence-corrected chi connectivity index (χ4v) is 5.08. The monoisotopic (exact) mass is 340 g/mol. The van der Waals surface area contributed by atoms with Gasteiger partial charge in [-0.1, -0.05) is 24.3 Å². The van der Waals surface area contributed by atoms with Crippen LogP contribution in [-0.4, -0.2) is 42.5 Å². The van der Waals surface area contributed by atoms with Crippen LogP contribution in [0.5, 0.6) is 0 Å². The van der Waals surface area contributed by atoms with E-state index in [9.17, 15) is 9.59 Å². The molecule has 1 aromatic rings. The Kier molecular flexibility index (Phi) is 3.91. The number of para-hydroxylation sites is 1. The number of nitrogens with zero attached hydrogens (tertiary/aromatic N) is 2. The van der Waals surface area contributed by atoms with E-state index >= 15 is 0 Å². The Hall–Kier alpha value is -2.14. The number of anilines is 1. The molecule has 1 aromatic carbocycles. The molecule has 0 radical (unpaired) electrons. The molecule has 2 saturated heterocycles. The summed E-state index contributed by atoms with van der Waals surface area (Å²) >= 11 is 0. The van der Waals surface area contributed by atoms with E-state index in [1.807, 2.05) is 31.2 Å². The standard InChI is InChI=1S/C20H24N2O3/c1-3-11-21-17-10-6-5-9-15(17)20(19(21)24)16(18(23)25-4-2)13-14-8-7-12-22(14)20/h3,5-6,9-10,14,16H,1,4,7-8,11-13H2,2H3/t14-,16-,20+/m1/s1. The van der Waals surface area contributed by atoms with Crippen molar-refractivity contribution < 1.29 is 14.3 Å². The molecule has 5 heteroatoms. The summed E-state index contributed by atoms with van der Waals surface area (Å²) < 4.78 is 5.38. The number of hydrogen-bond donors (Lipinski definition) is 0. The summed E-state index contributed by atoms with van der Waals surface area (Å²) in [7, 11) is 0. The maximum Gasteiger partial charge on any atom is 0.311 e. The Morgan fingerprint density at radius 3 is 3.00 bits per heavy atom. The molecule has 0 aliphatic carbocycles. The van der Waals surface area contributed by atoms with Crippen LogP contribution < -0.4 is 4.90 Å². The van der Waals surface area contributed by atoms with Crippen molar-refractivity contribution in [3.8, 4) is 0 Å². The first-order valence-electron chi connectivity index (χ1n) is 9.12. The maximum atomic E-state index is 13.7. The van der Waals surface area contributed by atoms with Gasteiger partial charge in [0.1, 0.15) is 5.54 Å². The average molecular weight is 340 g/mol. The average Bonchev–Trinajstić information content (AvgIpc) is 3.25. The number of ether oxygens (including phenoxy) is 1. The molecule has 4 rings (SSSR count). The third-order valence-electron chi connectivity index (χ3n) is 5.90. The Morgan fingerprint density at radius 1 is 1.44 bits per heavy atom. The van der Waals surface area contributed by atoms with Crippen LogP contribution in [0.4, 0.5) is 5.69 Å². The predicted octanol–water partition coefficient (Wildman–Crippen LogP) is 2.46. The molecule has 1 spiro atoms. The van der Waals surface area contributed by atoms with Gasteiger partial charge >= 0.3 is 5.97 Å². The minimum atomic E-state index is -0.910. The summed E-state index contributed by atoms with van der Waals surface area (Å²) in [5, 5.41) is 0.